The van der Waals surface area contributed by atoms with Crippen molar-refractivity contribution in [1.82, 2.24) is 4.90 Å². The van der Waals surface area contributed by atoms with Crippen LogP contribution in [0.1, 0.15) is 10.4 Å². The standard InChI is InChI=1S/C15H15BrClN3O/c1-20(2)15(21)9-3-6-12(18)14(7-9)19-13-8-10(17)4-5-11(13)16/h3-8,19H,18H2,1-2H3. The van der Waals surface area contributed by atoms with Crippen LogP contribution in [-0.2, 0) is 0 Å². The van der Waals surface area contributed by atoms with Gasteiger partial charge in [0, 0.05) is 29.2 Å². The predicted octanol–water partition coefficient (Wildman–Crippen LogP) is 4.13. The zero-order valence-electron chi connectivity index (χ0n) is 11.7. The van der Waals surface area contributed by atoms with E-state index >= 15 is 0 Å². The number of nitrogen functional groups attached to an aromatic ring is 1. The molecule has 6 heteroatoms. The first-order valence-corrected chi connectivity index (χ1v) is 7.39. The highest BCUT2D eigenvalue weighted by Crippen LogP contribution is 2.31. The molecule has 0 unspecified atom stereocenters. The summed E-state index contributed by atoms with van der Waals surface area (Å²) in [5.74, 6) is -0.0804. The van der Waals surface area contributed by atoms with E-state index in [-0.39, 0.29) is 5.91 Å². The lowest BCUT2D eigenvalue weighted by Crippen LogP contribution is -2.21. The summed E-state index contributed by atoms with van der Waals surface area (Å²) >= 11 is 9.44. The van der Waals surface area contributed by atoms with Crippen molar-refractivity contribution in [2.75, 3.05) is 25.1 Å². The summed E-state index contributed by atoms with van der Waals surface area (Å²) < 4.78 is 0.857. The van der Waals surface area contributed by atoms with Crippen LogP contribution in [0.4, 0.5) is 17.1 Å². The van der Waals surface area contributed by atoms with E-state index in [1.807, 2.05) is 6.07 Å². The van der Waals surface area contributed by atoms with E-state index in [2.05, 4.69) is 21.2 Å². The van der Waals surface area contributed by atoms with Crippen LogP contribution in [0.5, 0.6) is 0 Å². The minimum atomic E-state index is -0.0804. The van der Waals surface area contributed by atoms with E-state index in [0.717, 1.165) is 10.2 Å². The monoisotopic (exact) mass is 367 g/mol. The molecule has 0 heterocycles. The molecule has 4 nitrogen and oxygen atoms in total. The largest absolute Gasteiger partial charge is 0.397 e. The Labute approximate surface area is 137 Å². The number of nitrogens with one attached hydrogen (secondary N) is 1. The third-order valence-corrected chi connectivity index (χ3v) is 3.83. The number of hydrogen-bond donors (Lipinski definition) is 2. The first-order valence-electron chi connectivity index (χ1n) is 6.21. The summed E-state index contributed by atoms with van der Waals surface area (Å²) in [6, 6.07) is 10.5. The molecule has 0 radical (unpaired) electrons. The van der Waals surface area contributed by atoms with Crippen LogP contribution in [0, 0.1) is 0 Å². The van der Waals surface area contributed by atoms with Gasteiger partial charge in [0.05, 0.1) is 17.1 Å². The summed E-state index contributed by atoms with van der Waals surface area (Å²) in [4.78, 5) is 13.5. The Morgan fingerprint density at radius 1 is 1.19 bits per heavy atom. The molecule has 3 N–H and O–H groups in total. The van der Waals surface area contributed by atoms with Gasteiger partial charge in [-0.05, 0) is 52.3 Å². The van der Waals surface area contributed by atoms with E-state index in [4.69, 9.17) is 17.3 Å². The SMILES string of the molecule is CN(C)C(=O)c1ccc(N)c(Nc2cc(Cl)ccc2Br)c1. The third kappa shape index (κ3) is 3.68. The summed E-state index contributed by atoms with van der Waals surface area (Å²) in [5, 5.41) is 3.80. The lowest BCUT2D eigenvalue weighted by molar-refractivity contribution is 0.0827. The average Bonchev–Trinajstić information content (AvgIpc) is 2.44. The maximum absolute atomic E-state index is 12.0. The van der Waals surface area contributed by atoms with Crippen LogP contribution < -0.4 is 11.1 Å². The van der Waals surface area contributed by atoms with Crippen LogP contribution >= 0.6 is 27.5 Å². The Kier molecular flexibility index (Phi) is 4.75. The Morgan fingerprint density at radius 2 is 1.90 bits per heavy atom. The fraction of sp³-hybridized carbons (Fsp3) is 0.133. The molecule has 0 bridgehead atoms. The van der Waals surface area contributed by atoms with Crippen LogP contribution in [0.15, 0.2) is 40.9 Å². The summed E-state index contributed by atoms with van der Waals surface area (Å²) in [5.41, 5.74) is 8.52. The minimum absolute atomic E-state index is 0.0804. The minimum Gasteiger partial charge on any atom is -0.397 e. The van der Waals surface area contributed by atoms with Crippen molar-refractivity contribution in [3.8, 4) is 0 Å². The van der Waals surface area contributed by atoms with Crippen molar-refractivity contribution in [3.63, 3.8) is 0 Å². The number of rotatable bonds is 3. The van der Waals surface area contributed by atoms with Crippen molar-refractivity contribution in [3.05, 3.63) is 51.5 Å². The third-order valence-electron chi connectivity index (χ3n) is 2.90. The summed E-state index contributed by atoms with van der Waals surface area (Å²) in [6.07, 6.45) is 0. The second-order valence-corrected chi connectivity index (χ2v) is 6.04. The van der Waals surface area contributed by atoms with Gasteiger partial charge in [0.1, 0.15) is 0 Å². The smallest absolute Gasteiger partial charge is 0.253 e. The maximum atomic E-state index is 12.0. The number of carbonyl (C=O) groups is 1. The van der Waals surface area contributed by atoms with Crippen molar-refractivity contribution in [2.24, 2.45) is 0 Å². The molecule has 0 atom stereocenters. The lowest BCUT2D eigenvalue weighted by atomic mass is 10.1. The molecule has 0 saturated carbocycles. The zero-order chi connectivity index (χ0) is 15.6. The molecule has 0 aliphatic carbocycles. The zero-order valence-corrected chi connectivity index (χ0v) is 14.0. The van der Waals surface area contributed by atoms with Gasteiger partial charge in [-0.15, -0.1) is 0 Å². The van der Waals surface area contributed by atoms with E-state index in [1.165, 1.54) is 4.90 Å². The average molecular weight is 369 g/mol. The Morgan fingerprint density at radius 3 is 2.57 bits per heavy atom. The van der Waals surface area contributed by atoms with Crippen molar-refractivity contribution >= 4 is 50.5 Å². The first-order chi connectivity index (χ1) is 9.88. The molecule has 0 aromatic heterocycles. The van der Waals surface area contributed by atoms with Gasteiger partial charge >= 0.3 is 0 Å². The highest BCUT2D eigenvalue weighted by Gasteiger charge is 2.11. The topological polar surface area (TPSA) is 58.4 Å². The summed E-state index contributed by atoms with van der Waals surface area (Å²) in [6.45, 7) is 0. The lowest BCUT2D eigenvalue weighted by Gasteiger charge is -2.15. The normalized spacial score (nSPS) is 10.3. The van der Waals surface area contributed by atoms with Gasteiger partial charge in [-0.3, -0.25) is 4.79 Å². The van der Waals surface area contributed by atoms with Crippen LogP contribution in [0.3, 0.4) is 0 Å². The van der Waals surface area contributed by atoms with Gasteiger partial charge in [-0.1, -0.05) is 11.6 Å². The van der Waals surface area contributed by atoms with Crippen LogP contribution in [0.25, 0.3) is 0 Å². The molecule has 0 aliphatic rings. The number of amides is 1. The Bertz CT molecular complexity index is 689. The van der Waals surface area contributed by atoms with Crippen LogP contribution in [-0.4, -0.2) is 24.9 Å². The Hall–Kier alpha value is -1.72. The molecule has 0 saturated heterocycles. The number of anilines is 3. The molecular weight excluding hydrogens is 354 g/mol. The van der Waals surface area contributed by atoms with Gasteiger partial charge in [0.2, 0.25) is 0 Å². The highest BCUT2D eigenvalue weighted by atomic mass is 79.9. The number of nitrogens with two attached hydrogens (primary N) is 1. The number of benzene rings is 2. The molecule has 0 aliphatic heterocycles. The van der Waals surface area contributed by atoms with Gasteiger partial charge < -0.3 is 16.0 Å². The molecule has 2 aromatic carbocycles. The number of halogens is 2. The van der Waals surface area contributed by atoms with E-state index in [9.17, 15) is 4.79 Å². The first kappa shape index (κ1) is 15.7. The molecule has 21 heavy (non-hydrogen) atoms. The predicted molar refractivity (Wildman–Crippen MR) is 91.3 cm³/mol. The molecule has 110 valence electrons. The molecule has 1 amide bonds. The fourth-order valence-electron chi connectivity index (χ4n) is 1.79. The van der Waals surface area contributed by atoms with Gasteiger partial charge in [0.25, 0.3) is 5.91 Å². The van der Waals surface area contributed by atoms with E-state index in [0.29, 0.717) is 22.0 Å². The van der Waals surface area contributed by atoms with Crippen molar-refractivity contribution in [2.45, 2.75) is 0 Å². The quantitative estimate of drug-likeness (QED) is 0.801. The van der Waals surface area contributed by atoms with Crippen molar-refractivity contribution < 1.29 is 4.79 Å². The molecule has 2 rings (SSSR count). The number of carbonyl (C=O) groups excluding carboxylic acids is 1. The van der Waals surface area contributed by atoms with Crippen molar-refractivity contribution in [1.29, 1.82) is 0 Å². The number of nitrogens with zero attached hydrogens (tertiary/aromatic N) is 1. The highest BCUT2D eigenvalue weighted by molar-refractivity contribution is 9.10. The summed E-state index contributed by atoms with van der Waals surface area (Å²) in [7, 11) is 3.42. The number of hydrogen-bond acceptors (Lipinski definition) is 3. The van der Waals surface area contributed by atoms with Crippen LogP contribution in [0.2, 0.25) is 5.02 Å². The molecule has 0 fully saturated rings. The second-order valence-electron chi connectivity index (χ2n) is 4.75. The van der Waals surface area contributed by atoms with Gasteiger partial charge in [0.15, 0.2) is 0 Å². The van der Waals surface area contributed by atoms with Gasteiger partial charge in [-0.25, -0.2) is 0 Å². The van der Waals surface area contributed by atoms with Gasteiger partial charge in [-0.2, -0.15) is 0 Å². The van der Waals surface area contributed by atoms with E-state index in [1.54, 1.807) is 44.4 Å². The molecule has 2 aromatic rings. The molecular formula is C15H15BrClN3O. The Balaban J connectivity index is 2.37. The fourth-order valence-corrected chi connectivity index (χ4v) is 2.31. The second kappa shape index (κ2) is 6.37. The maximum Gasteiger partial charge on any atom is 0.253 e. The van der Waals surface area contributed by atoms with E-state index < -0.39 is 0 Å². The molecule has 0 spiro atoms.